The molecule has 2 aliphatic rings. The molecule has 0 radical (unpaired) electrons. The van der Waals surface area contributed by atoms with E-state index in [-0.39, 0.29) is 5.91 Å². The van der Waals surface area contributed by atoms with E-state index in [2.05, 4.69) is 5.48 Å². The molecule has 90 valence electrons. The average molecular weight is 226 g/mol. The van der Waals surface area contributed by atoms with E-state index in [9.17, 15) is 4.79 Å². The Labute approximate surface area is 95.3 Å². The van der Waals surface area contributed by atoms with Gasteiger partial charge < -0.3 is 14.5 Å². The van der Waals surface area contributed by atoms with Crippen LogP contribution in [-0.4, -0.2) is 36.7 Å². The van der Waals surface area contributed by atoms with Gasteiger partial charge in [0.25, 0.3) is 5.91 Å². The Kier molecular flexibility index (Phi) is 3.79. The molecule has 0 aromatic rings. The monoisotopic (exact) mass is 226 g/mol. The number of nitrogens with one attached hydrogen (secondary N) is 1. The van der Waals surface area contributed by atoms with Crippen LogP contribution in [0.1, 0.15) is 25.7 Å². The standard InChI is InChI=1S/C11H18N2O3/c1-15-12-9-2-4-10(5-3-9)13-8-16-7-6-11(13)14/h6-7,9-10,12H,2-5,8H2,1H3. The Morgan fingerprint density at radius 3 is 2.81 bits per heavy atom. The molecule has 1 aliphatic carbocycles. The molecule has 0 aromatic carbocycles. The number of hydrogen-bond acceptors (Lipinski definition) is 4. The smallest absolute Gasteiger partial charge is 0.252 e. The van der Waals surface area contributed by atoms with Gasteiger partial charge in [0.2, 0.25) is 0 Å². The van der Waals surface area contributed by atoms with Gasteiger partial charge in [0.05, 0.1) is 13.4 Å². The van der Waals surface area contributed by atoms with Crippen molar-refractivity contribution in [3.63, 3.8) is 0 Å². The van der Waals surface area contributed by atoms with Gasteiger partial charge in [-0.3, -0.25) is 4.79 Å². The zero-order valence-electron chi connectivity index (χ0n) is 9.52. The Hall–Kier alpha value is -1.07. The lowest BCUT2D eigenvalue weighted by Gasteiger charge is -2.36. The summed E-state index contributed by atoms with van der Waals surface area (Å²) >= 11 is 0. The molecule has 1 amide bonds. The maximum atomic E-state index is 11.6. The van der Waals surface area contributed by atoms with Crippen molar-refractivity contribution in [3.8, 4) is 0 Å². The maximum Gasteiger partial charge on any atom is 0.252 e. The van der Waals surface area contributed by atoms with E-state index in [1.165, 1.54) is 12.3 Å². The quantitative estimate of drug-likeness (QED) is 0.722. The topological polar surface area (TPSA) is 50.8 Å². The van der Waals surface area contributed by atoms with Crippen molar-refractivity contribution in [2.75, 3.05) is 13.8 Å². The molecular weight excluding hydrogens is 208 g/mol. The van der Waals surface area contributed by atoms with E-state index in [4.69, 9.17) is 9.57 Å². The van der Waals surface area contributed by atoms with Crippen molar-refractivity contribution in [1.82, 2.24) is 10.4 Å². The molecule has 16 heavy (non-hydrogen) atoms. The van der Waals surface area contributed by atoms with Gasteiger partial charge in [0, 0.05) is 18.2 Å². The second kappa shape index (κ2) is 5.32. The first-order valence-electron chi connectivity index (χ1n) is 5.68. The van der Waals surface area contributed by atoms with Gasteiger partial charge in [-0.25, -0.2) is 0 Å². The van der Waals surface area contributed by atoms with Crippen molar-refractivity contribution in [3.05, 3.63) is 12.3 Å². The van der Waals surface area contributed by atoms with Gasteiger partial charge in [-0.15, -0.1) is 0 Å². The van der Waals surface area contributed by atoms with Crippen LogP contribution < -0.4 is 5.48 Å². The van der Waals surface area contributed by atoms with Crippen molar-refractivity contribution >= 4 is 5.91 Å². The van der Waals surface area contributed by atoms with Gasteiger partial charge in [-0.2, -0.15) is 5.48 Å². The largest absolute Gasteiger partial charge is 0.480 e. The number of rotatable bonds is 3. The van der Waals surface area contributed by atoms with Crippen LogP contribution in [0.4, 0.5) is 0 Å². The molecule has 5 nitrogen and oxygen atoms in total. The molecular formula is C11H18N2O3. The van der Waals surface area contributed by atoms with Crippen LogP contribution in [0.2, 0.25) is 0 Å². The molecule has 1 heterocycles. The minimum Gasteiger partial charge on any atom is -0.480 e. The highest BCUT2D eigenvalue weighted by Crippen LogP contribution is 2.24. The molecule has 0 atom stereocenters. The predicted octanol–water partition coefficient (Wildman–Crippen LogP) is 0.779. The zero-order chi connectivity index (χ0) is 11.4. The van der Waals surface area contributed by atoms with Crippen LogP contribution >= 0.6 is 0 Å². The molecule has 5 heteroatoms. The number of hydrogen-bond donors (Lipinski definition) is 1. The molecule has 0 unspecified atom stereocenters. The van der Waals surface area contributed by atoms with Crippen LogP contribution in [0.5, 0.6) is 0 Å². The van der Waals surface area contributed by atoms with Crippen molar-refractivity contribution in [1.29, 1.82) is 0 Å². The summed E-state index contributed by atoms with van der Waals surface area (Å²) < 4.78 is 5.16. The number of hydroxylamine groups is 1. The molecule has 0 spiro atoms. The summed E-state index contributed by atoms with van der Waals surface area (Å²) in [6, 6.07) is 0.727. The number of ether oxygens (including phenoxy) is 1. The average Bonchev–Trinajstić information content (AvgIpc) is 2.31. The SMILES string of the molecule is CONC1CCC(N2COC=CC2=O)CC1. The maximum absolute atomic E-state index is 11.6. The third kappa shape index (κ3) is 2.54. The molecule has 0 saturated heterocycles. The molecule has 0 aromatic heterocycles. The number of nitrogens with zero attached hydrogens (tertiary/aromatic N) is 1. The Morgan fingerprint density at radius 1 is 1.44 bits per heavy atom. The van der Waals surface area contributed by atoms with Crippen molar-refractivity contribution < 1.29 is 14.4 Å². The highest BCUT2D eigenvalue weighted by Gasteiger charge is 2.29. The summed E-state index contributed by atoms with van der Waals surface area (Å²) in [5.74, 6) is 0.0643. The molecule has 1 saturated carbocycles. The fourth-order valence-corrected chi connectivity index (χ4v) is 2.35. The lowest BCUT2D eigenvalue weighted by Crippen LogP contribution is -2.46. The number of carbonyl (C=O) groups excluding carboxylic acids is 1. The molecule has 0 bridgehead atoms. The van der Waals surface area contributed by atoms with Crippen LogP contribution in [0.15, 0.2) is 12.3 Å². The molecule has 1 N–H and O–H groups in total. The van der Waals surface area contributed by atoms with E-state index in [1.54, 1.807) is 7.11 Å². The Balaban J connectivity index is 1.84. The molecule has 1 fully saturated rings. The van der Waals surface area contributed by atoms with E-state index in [0.717, 1.165) is 25.7 Å². The minimum absolute atomic E-state index is 0.0643. The van der Waals surface area contributed by atoms with Gasteiger partial charge in [0.1, 0.15) is 0 Å². The highest BCUT2D eigenvalue weighted by atomic mass is 16.6. The van der Waals surface area contributed by atoms with Gasteiger partial charge in [0.15, 0.2) is 6.73 Å². The van der Waals surface area contributed by atoms with E-state index >= 15 is 0 Å². The minimum atomic E-state index is 0.0643. The number of carbonyl (C=O) groups is 1. The first-order valence-corrected chi connectivity index (χ1v) is 5.68. The van der Waals surface area contributed by atoms with E-state index < -0.39 is 0 Å². The second-order valence-corrected chi connectivity index (χ2v) is 4.23. The summed E-state index contributed by atoms with van der Waals surface area (Å²) in [6.45, 7) is 0.391. The van der Waals surface area contributed by atoms with Gasteiger partial charge in [-0.05, 0) is 25.7 Å². The van der Waals surface area contributed by atoms with Crippen molar-refractivity contribution in [2.24, 2.45) is 0 Å². The molecule has 1 aliphatic heterocycles. The molecule has 2 rings (SSSR count). The van der Waals surface area contributed by atoms with E-state index in [0.29, 0.717) is 18.8 Å². The Bertz CT molecular complexity index is 272. The lowest BCUT2D eigenvalue weighted by molar-refractivity contribution is -0.136. The fourth-order valence-electron chi connectivity index (χ4n) is 2.35. The number of amides is 1. The van der Waals surface area contributed by atoms with Crippen LogP contribution in [0.25, 0.3) is 0 Å². The third-order valence-corrected chi connectivity index (χ3v) is 3.23. The normalized spacial score (nSPS) is 30.3. The van der Waals surface area contributed by atoms with Crippen LogP contribution in [0, 0.1) is 0 Å². The highest BCUT2D eigenvalue weighted by molar-refractivity contribution is 5.88. The van der Waals surface area contributed by atoms with Gasteiger partial charge in [-0.1, -0.05) is 0 Å². The summed E-state index contributed by atoms with van der Waals surface area (Å²) in [4.78, 5) is 18.3. The third-order valence-electron chi connectivity index (χ3n) is 3.23. The second-order valence-electron chi connectivity index (χ2n) is 4.23. The first-order chi connectivity index (χ1) is 7.81. The van der Waals surface area contributed by atoms with Crippen LogP contribution in [-0.2, 0) is 14.4 Å². The van der Waals surface area contributed by atoms with Crippen LogP contribution in [0.3, 0.4) is 0 Å². The zero-order valence-corrected chi connectivity index (χ0v) is 9.52. The summed E-state index contributed by atoms with van der Waals surface area (Å²) in [6.07, 6.45) is 7.03. The summed E-state index contributed by atoms with van der Waals surface area (Å²) in [5, 5.41) is 0. The summed E-state index contributed by atoms with van der Waals surface area (Å²) in [5.41, 5.74) is 2.97. The fraction of sp³-hybridized carbons (Fsp3) is 0.727. The van der Waals surface area contributed by atoms with E-state index in [1.807, 2.05) is 4.90 Å². The summed E-state index contributed by atoms with van der Waals surface area (Å²) in [7, 11) is 1.64. The Morgan fingerprint density at radius 2 is 2.19 bits per heavy atom. The van der Waals surface area contributed by atoms with Crippen molar-refractivity contribution in [2.45, 2.75) is 37.8 Å². The predicted molar refractivity (Wildman–Crippen MR) is 58.1 cm³/mol. The lowest BCUT2D eigenvalue weighted by atomic mass is 9.90. The first kappa shape index (κ1) is 11.4. The van der Waals surface area contributed by atoms with Gasteiger partial charge >= 0.3 is 0 Å².